The third-order valence-electron chi connectivity index (χ3n) is 3.64. The molecule has 22 heavy (non-hydrogen) atoms. The maximum atomic E-state index is 12.1. The third-order valence-corrected chi connectivity index (χ3v) is 4.64. The number of rotatable bonds is 7. The van der Waals surface area contributed by atoms with Crippen LogP contribution in [-0.2, 0) is 11.2 Å². The van der Waals surface area contributed by atoms with Crippen LogP contribution in [0.4, 0.5) is 5.13 Å². The van der Waals surface area contributed by atoms with E-state index < -0.39 is 6.04 Å². The summed E-state index contributed by atoms with van der Waals surface area (Å²) in [5.74, 6) is 0.178. The Hall–Kier alpha value is -1.79. The molecule has 118 valence electrons. The zero-order valence-corrected chi connectivity index (χ0v) is 13.8. The topological polar surface area (TPSA) is 80.9 Å². The predicted octanol–water partition coefficient (Wildman–Crippen LogP) is 2.95. The number of carbonyl (C=O) groups excluding carboxylic acids is 1. The van der Waals surface area contributed by atoms with Crippen molar-refractivity contribution < 1.29 is 4.79 Å². The number of carbonyl (C=O) groups is 1. The second kappa shape index (κ2) is 8.00. The van der Waals surface area contributed by atoms with Gasteiger partial charge in [-0.15, -0.1) is 10.2 Å². The molecule has 0 aliphatic carbocycles. The number of amides is 1. The SMILES string of the molecule is CCC(CC)c1nnc(NC(=O)C(N)Cc2ccccc2)s1. The summed E-state index contributed by atoms with van der Waals surface area (Å²) in [4.78, 5) is 12.1. The van der Waals surface area contributed by atoms with Crippen LogP contribution in [0.15, 0.2) is 30.3 Å². The summed E-state index contributed by atoms with van der Waals surface area (Å²) >= 11 is 1.43. The lowest BCUT2D eigenvalue weighted by Gasteiger charge is -2.10. The van der Waals surface area contributed by atoms with Gasteiger partial charge >= 0.3 is 0 Å². The lowest BCUT2D eigenvalue weighted by atomic mass is 10.1. The Kier molecular flexibility index (Phi) is 6.03. The molecule has 2 rings (SSSR count). The van der Waals surface area contributed by atoms with Crippen molar-refractivity contribution in [2.75, 3.05) is 5.32 Å². The number of anilines is 1. The Balaban J connectivity index is 1.94. The molecule has 1 unspecified atom stereocenters. The van der Waals surface area contributed by atoms with Crippen molar-refractivity contribution in [1.29, 1.82) is 0 Å². The first-order valence-corrected chi connectivity index (χ1v) is 8.39. The molecule has 6 heteroatoms. The van der Waals surface area contributed by atoms with Crippen molar-refractivity contribution in [3.63, 3.8) is 0 Å². The molecule has 1 aromatic carbocycles. The highest BCUT2D eigenvalue weighted by Gasteiger charge is 2.18. The van der Waals surface area contributed by atoms with E-state index in [-0.39, 0.29) is 5.91 Å². The molecule has 2 aromatic rings. The van der Waals surface area contributed by atoms with Crippen molar-refractivity contribution in [2.45, 2.75) is 45.1 Å². The highest BCUT2D eigenvalue weighted by molar-refractivity contribution is 7.15. The Morgan fingerprint density at radius 2 is 1.91 bits per heavy atom. The maximum Gasteiger partial charge on any atom is 0.243 e. The Morgan fingerprint density at radius 3 is 2.55 bits per heavy atom. The Labute approximate surface area is 135 Å². The van der Waals surface area contributed by atoms with Crippen LogP contribution in [0.1, 0.15) is 43.2 Å². The van der Waals surface area contributed by atoms with Gasteiger partial charge in [0.25, 0.3) is 0 Å². The molecule has 0 aliphatic heterocycles. The largest absolute Gasteiger partial charge is 0.320 e. The minimum absolute atomic E-state index is 0.226. The van der Waals surface area contributed by atoms with E-state index in [1.165, 1.54) is 11.3 Å². The molecule has 1 amide bonds. The number of nitrogens with two attached hydrogens (primary N) is 1. The van der Waals surface area contributed by atoms with Gasteiger partial charge < -0.3 is 5.73 Å². The molecule has 0 aliphatic rings. The minimum Gasteiger partial charge on any atom is -0.320 e. The number of nitrogens with zero attached hydrogens (tertiary/aromatic N) is 2. The van der Waals surface area contributed by atoms with E-state index >= 15 is 0 Å². The zero-order chi connectivity index (χ0) is 15.9. The summed E-state index contributed by atoms with van der Waals surface area (Å²) < 4.78 is 0. The smallest absolute Gasteiger partial charge is 0.243 e. The van der Waals surface area contributed by atoms with Crippen molar-refractivity contribution in [3.8, 4) is 0 Å². The molecule has 3 N–H and O–H groups in total. The van der Waals surface area contributed by atoms with Crippen molar-refractivity contribution >= 4 is 22.4 Å². The lowest BCUT2D eigenvalue weighted by molar-refractivity contribution is -0.117. The van der Waals surface area contributed by atoms with Gasteiger partial charge in [0.2, 0.25) is 11.0 Å². The van der Waals surface area contributed by atoms with Gasteiger partial charge in [-0.25, -0.2) is 0 Å². The van der Waals surface area contributed by atoms with Gasteiger partial charge in [-0.1, -0.05) is 55.5 Å². The number of aromatic nitrogens is 2. The van der Waals surface area contributed by atoms with Crippen molar-refractivity contribution in [1.82, 2.24) is 10.2 Å². The molecule has 1 aromatic heterocycles. The molecule has 0 spiro atoms. The maximum absolute atomic E-state index is 12.1. The average Bonchev–Trinajstić information content (AvgIpc) is 2.98. The van der Waals surface area contributed by atoms with Crippen LogP contribution in [0.25, 0.3) is 0 Å². The van der Waals surface area contributed by atoms with Gasteiger partial charge in [-0.3, -0.25) is 10.1 Å². The number of nitrogens with one attached hydrogen (secondary N) is 1. The molecule has 0 saturated carbocycles. The first-order chi connectivity index (χ1) is 10.6. The van der Waals surface area contributed by atoms with E-state index in [0.717, 1.165) is 23.4 Å². The fourth-order valence-corrected chi connectivity index (χ4v) is 3.26. The van der Waals surface area contributed by atoms with E-state index in [1.807, 2.05) is 30.3 Å². The second-order valence-electron chi connectivity index (χ2n) is 5.24. The van der Waals surface area contributed by atoms with Gasteiger partial charge in [-0.05, 0) is 24.8 Å². The number of hydrogen-bond acceptors (Lipinski definition) is 5. The van der Waals surface area contributed by atoms with Crippen LogP contribution in [0.3, 0.4) is 0 Å². The van der Waals surface area contributed by atoms with Gasteiger partial charge in [0.05, 0.1) is 6.04 Å². The molecule has 0 saturated heterocycles. The molecule has 0 bridgehead atoms. The fourth-order valence-electron chi connectivity index (χ4n) is 2.25. The minimum atomic E-state index is -0.595. The molecule has 1 atom stereocenters. The molecule has 1 heterocycles. The monoisotopic (exact) mass is 318 g/mol. The second-order valence-corrected chi connectivity index (χ2v) is 6.25. The summed E-state index contributed by atoms with van der Waals surface area (Å²) in [5, 5.41) is 12.5. The Bertz CT molecular complexity index is 595. The Morgan fingerprint density at radius 1 is 1.23 bits per heavy atom. The van der Waals surface area contributed by atoms with Crippen molar-refractivity contribution in [2.24, 2.45) is 5.73 Å². The summed E-state index contributed by atoms with van der Waals surface area (Å²) in [6.45, 7) is 4.26. The number of benzene rings is 1. The van der Waals surface area contributed by atoms with Gasteiger partial charge in [0, 0.05) is 5.92 Å². The van der Waals surface area contributed by atoms with E-state index in [4.69, 9.17) is 5.73 Å². The van der Waals surface area contributed by atoms with E-state index in [9.17, 15) is 4.79 Å². The third kappa shape index (κ3) is 4.35. The van der Waals surface area contributed by atoms with Gasteiger partial charge in [-0.2, -0.15) is 0 Å². The van der Waals surface area contributed by atoms with Crippen LogP contribution in [0, 0.1) is 0 Å². The molecule has 0 radical (unpaired) electrons. The highest BCUT2D eigenvalue weighted by Crippen LogP contribution is 2.28. The molecule has 0 fully saturated rings. The fraction of sp³-hybridized carbons (Fsp3) is 0.438. The predicted molar refractivity (Wildman–Crippen MR) is 90.0 cm³/mol. The zero-order valence-electron chi connectivity index (χ0n) is 13.0. The lowest BCUT2D eigenvalue weighted by Crippen LogP contribution is -2.37. The van der Waals surface area contributed by atoms with Crippen LogP contribution < -0.4 is 11.1 Å². The normalized spacial score (nSPS) is 12.4. The van der Waals surface area contributed by atoms with Crippen LogP contribution >= 0.6 is 11.3 Å². The van der Waals surface area contributed by atoms with Gasteiger partial charge in [0.15, 0.2) is 0 Å². The molecular weight excluding hydrogens is 296 g/mol. The van der Waals surface area contributed by atoms with E-state index in [0.29, 0.717) is 17.5 Å². The van der Waals surface area contributed by atoms with Crippen LogP contribution in [0.5, 0.6) is 0 Å². The first-order valence-electron chi connectivity index (χ1n) is 7.57. The molecule has 5 nitrogen and oxygen atoms in total. The van der Waals surface area contributed by atoms with Gasteiger partial charge in [0.1, 0.15) is 5.01 Å². The van der Waals surface area contributed by atoms with Crippen molar-refractivity contribution in [3.05, 3.63) is 40.9 Å². The standard InChI is InChI=1S/C16H22N4OS/c1-3-12(4-2)15-19-20-16(22-15)18-14(21)13(17)10-11-8-6-5-7-9-11/h5-9,12-13H,3-4,10,17H2,1-2H3,(H,18,20,21). The van der Waals surface area contributed by atoms with E-state index in [1.54, 1.807) is 0 Å². The quantitative estimate of drug-likeness (QED) is 0.822. The van der Waals surface area contributed by atoms with E-state index in [2.05, 4.69) is 29.4 Å². The molecular formula is C16H22N4OS. The summed E-state index contributed by atoms with van der Waals surface area (Å²) in [6, 6.07) is 9.14. The summed E-state index contributed by atoms with van der Waals surface area (Å²) in [6.07, 6.45) is 2.55. The van der Waals surface area contributed by atoms with Crippen LogP contribution in [-0.4, -0.2) is 22.1 Å². The van der Waals surface area contributed by atoms with Crippen LogP contribution in [0.2, 0.25) is 0 Å². The highest BCUT2D eigenvalue weighted by atomic mass is 32.1. The summed E-state index contributed by atoms with van der Waals surface area (Å²) in [5.41, 5.74) is 7.00. The first kappa shape index (κ1) is 16.6. The average molecular weight is 318 g/mol. The number of hydrogen-bond donors (Lipinski definition) is 2. The summed E-state index contributed by atoms with van der Waals surface area (Å²) in [7, 11) is 0.